The van der Waals surface area contributed by atoms with Gasteiger partial charge in [0.25, 0.3) is 0 Å². The van der Waals surface area contributed by atoms with Crippen molar-refractivity contribution in [3.05, 3.63) is 0 Å². The van der Waals surface area contributed by atoms with Gasteiger partial charge in [0, 0.05) is 0 Å². The van der Waals surface area contributed by atoms with E-state index in [1.54, 1.807) is 0 Å². The van der Waals surface area contributed by atoms with Crippen molar-refractivity contribution in [3.8, 4) is 0 Å². The molecule has 3 atom stereocenters. The van der Waals surface area contributed by atoms with Gasteiger partial charge >= 0.3 is 0 Å². The van der Waals surface area contributed by atoms with Crippen LogP contribution in [-0.2, 0) is 0 Å². The molecule has 0 amide bonds. The predicted octanol–water partition coefficient (Wildman–Crippen LogP) is 4.33. The third-order valence-electron chi connectivity index (χ3n) is 3.26. The van der Waals surface area contributed by atoms with Gasteiger partial charge in [0.1, 0.15) is 0 Å². The lowest BCUT2D eigenvalue weighted by molar-refractivity contribution is 0.197. The average molecular weight is 215 g/mol. The summed E-state index contributed by atoms with van der Waals surface area (Å²) in [5, 5.41) is 3.48. The van der Waals surface area contributed by atoms with Gasteiger partial charge in [0.05, 0.1) is 0 Å². The fourth-order valence-corrected chi connectivity index (χ4v) is 2.08. The van der Waals surface area contributed by atoms with Gasteiger partial charge in [-0.3, -0.25) is 0 Å². The summed E-state index contributed by atoms with van der Waals surface area (Å²) < 4.78 is 0. The molecule has 1 nitrogen and oxygen atoms in total. The van der Waals surface area contributed by atoms with E-state index in [4.69, 9.17) is 0 Å². The molecule has 0 aromatic heterocycles. The van der Waals surface area contributed by atoms with E-state index in [0.29, 0.717) is 0 Å². The maximum atomic E-state index is 3.48. The molecule has 1 heteroatoms. The van der Waals surface area contributed by atoms with Gasteiger partial charge in [-0.1, -0.05) is 54.9 Å². The average Bonchev–Trinajstić information content (AvgIpc) is 2.34. The highest BCUT2D eigenvalue weighted by atomic mass is 14.9. The van der Waals surface area contributed by atoms with Gasteiger partial charge in [0.15, 0.2) is 0 Å². The first-order valence-corrected chi connectivity index (χ1v) is 6.96. The smallest absolute Gasteiger partial charge is 0.00154 e. The first-order valence-electron chi connectivity index (χ1n) is 6.96. The molecule has 0 aliphatic carbocycles. The van der Waals surface area contributed by atoms with Crippen LogP contribution in [0.25, 0.3) is 0 Å². The van der Waals surface area contributed by atoms with Crippen LogP contribution < -0.4 is 5.32 Å². The highest BCUT2D eigenvalue weighted by molar-refractivity contribution is 4.78. The number of hydrogen-bond acceptors (Lipinski definition) is 1. The molecule has 0 spiro atoms. The van der Waals surface area contributed by atoms with E-state index in [1.165, 1.54) is 25.9 Å². The number of piperidine rings is 1. The van der Waals surface area contributed by atoms with Crippen molar-refractivity contribution >= 4 is 0 Å². The standard InChI is InChI=1S/C10H21N.2C2H6/c1-4-8(2)10-7-11-6-5-9(10)3;2*1-2/h8-11H,4-7H2,1-3H3;2*1-2H3. The molecule has 1 rings (SSSR count). The number of hydrogen-bond donors (Lipinski definition) is 1. The molecular formula is C14H33N. The number of nitrogens with one attached hydrogen (secondary N) is 1. The Hall–Kier alpha value is -0.0400. The van der Waals surface area contributed by atoms with E-state index in [9.17, 15) is 0 Å². The lowest BCUT2D eigenvalue weighted by atomic mass is 9.78. The molecule has 0 bridgehead atoms. The minimum atomic E-state index is 0.901. The Labute approximate surface area is 98.0 Å². The second kappa shape index (κ2) is 12.0. The monoisotopic (exact) mass is 215 g/mol. The Bertz CT molecular complexity index is 108. The topological polar surface area (TPSA) is 12.0 Å². The summed E-state index contributed by atoms with van der Waals surface area (Å²) in [5.41, 5.74) is 0. The quantitative estimate of drug-likeness (QED) is 0.723. The van der Waals surface area contributed by atoms with E-state index in [2.05, 4.69) is 26.1 Å². The molecule has 3 unspecified atom stereocenters. The third kappa shape index (κ3) is 6.94. The van der Waals surface area contributed by atoms with Crippen LogP contribution in [0.15, 0.2) is 0 Å². The van der Waals surface area contributed by atoms with Gasteiger partial charge in [-0.2, -0.15) is 0 Å². The molecule has 1 heterocycles. The Kier molecular flexibility index (Phi) is 13.9. The fourth-order valence-electron chi connectivity index (χ4n) is 2.08. The van der Waals surface area contributed by atoms with Crippen molar-refractivity contribution in [2.75, 3.05) is 13.1 Å². The lowest BCUT2D eigenvalue weighted by Crippen LogP contribution is -2.38. The molecule has 0 saturated carbocycles. The summed E-state index contributed by atoms with van der Waals surface area (Å²) in [4.78, 5) is 0. The van der Waals surface area contributed by atoms with E-state index in [0.717, 1.165) is 17.8 Å². The summed E-state index contributed by atoms with van der Waals surface area (Å²) in [6.07, 6.45) is 2.70. The second-order valence-corrected chi connectivity index (χ2v) is 4.02. The summed E-state index contributed by atoms with van der Waals surface area (Å²) in [6.45, 7) is 17.6. The minimum absolute atomic E-state index is 0.901. The second-order valence-electron chi connectivity index (χ2n) is 4.02. The maximum absolute atomic E-state index is 3.48. The van der Waals surface area contributed by atoms with Crippen molar-refractivity contribution in [2.24, 2.45) is 17.8 Å². The highest BCUT2D eigenvalue weighted by Gasteiger charge is 2.24. The van der Waals surface area contributed by atoms with Crippen molar-refractivity contribution in [3.63, 3.8) is 0 Å². The highest BCUT2D eigenvalue weighted by Crippen LogP contribution is 2.27. The first kappa shape index (κ1) is 17.4. The molecule has 0 aromatic rings. The van der Waals surface area contributed by atoms with E-state index in [1.807, 2.05) is 27.7 Å². The molecule has 1 saturated heterocycles. The predicted molar refractivity (Wildman–Crippen MR) is 72.3 cm³/mol. The van der Waals surface area contributed by atoms with Crippen LogP contribution in [0.1, 0.15) is 61.3 Å². The van der Waals surface area contributed by atoms with Crippen molar-refractivity contribution < 1.29 is 0 Å². The van der Waals surface area contributed by atoms with E-state index < -0.39 is 0 Å². The Morgan fingerprint density at radius 3 is 2.13 bits per heavy atom. The van der Waals surface area contributed by atoms with Crippen molar-refractivity contribution in [1.29, 1.82) is 0 Å². The van der Waals surface area contributed by atoms with Gasteiger partial charge in [0.2, 0.25) is 0 Å². The van der Waals surface area contributed by atoms with E-state index in [-0.39, 0.29) is 0 Å². The fraction of sp³-hybridized carbons (Fsp3) is 1.00. The molecular weight excluding hydrogens is 182 g/mol. The van der Waals surface area contributed by atoms with Crippen LogP contribution in [0.4, 0.5) is 0 Å². The van der Waals surface area contributed by atoms with Crippen molar-refractivity contribution in [1.82, 2.24) is 5.32 Å². The van der Waals surface area contributed by atoms with Crippen LogP contribution in [0.3, 0.4) is 0 Å². The van der Waals surface area contributed by atoms with Crippen LogP contribution >= 0.6 is 0 Å². The summed E-state index contributed by atoms with van der Waals surface area (Å²) in [5.74, 6) is 2.76. The summed E-state index contributed by atoms with van der Waals surface area (Å²) >= 11 is 0. The maximum Gasteiger partial charge on any atom is -0.00154 e. The van der Waals surface area contributed by atoms with Gasteiger partial charge in [-0.25, -0.2) is 0 Å². The molecule has 1 aliphatic rings. The van der Waals surface area contributed by atoms with Gasteiger partial charge in [-0.15, -0.1) is 0 Å². The Balaban J connectivity index is 0. The lowest BCUT2D eigenvalue weighted by Gasteiger charge is -2.33. The largest absolute Gasteiger partial charge is 0.316 e. The zero-order chi connectivity index (χ0) is 12.3. The summed E-state index contributed by atoms with van der Waals surface area (Å²) in [6, 6.07) is 0. The number of rotatable bonds is 2. The third-order valence-corrected chi connectivity index (χ3v) is 3.26. The van der Waals surface area contributed by atoms with Crippen molar-refractivity contribution in [2.45, 2.75) is 61.3 Å². The summed E-state index contributed by atoms with van der Waals surface area (Å²) in [7, 11) is 0. The van der Waals surface area contributed by atoms with E-state index >= 15 is 0 Å². The molecule has 1 N–H and O–H groups in total. The molecule has 1 aliphatic heterocycles. The van der Waals surface area contributed by atoms with Crippen LogP contribution in [0.5, 0.6) is 0 Å². The zero-order valence-corrected chi connectivity index (χ0v) is 12.1. The van der Waals surface area contributed by atoms with Crippen LogP contribution in [0, 0.1) is 17.8 Å². The molecule has 0 radical (unpaired) electrons. The first-order chi connectivity index (χ1) is 7.25. The molecule has 1 fully saturated rings. The molecule has 0 aromatic carbocycles. The van der Waals surface area contributed by atoms with Gasteiger partial charge < -0.3 is 5.32 Å². The van der Waals surface area contributed by atoms with Gasteiger partial charge in [-0.05, 0) is 37.3 Å². The SMILES string of the molecule is CC.CC.CCC(C)C1CNCCC1C. The Morgan fingerprint density at radius 1 is 1.20 bits per heavy atom. The molecule has 15 heavy (non-hydrogen) atoms. The van der Waals surface area contributed by atoms with Crippen LogP contribution in [-0.4, -0.2) is 13.1 Å². The Morgan fingerprint density at radius 2 is 1.73 bits per heavy atom. The minimum Gasteiger partial charge on any atom is -0.316 e. The van der Waals surface area contributed by atoms with Crippen LogP contribution in [0.2, 0.25) is 0 Å². The molecule has 94 valence electrons. The zero-order valence-electron chi connectivity index (χ0n) is 12.1. The normalized spacial score (nSPS) is 26.6.